The molecule has 1 aliphatic carbocycles. The maximum atomic E-state index is 10.3. The molecule has 16 heavy (non-hydrogen) atoms. The lowest BCUT2D eigenvalue weighted by Gasteiger charge is -2.38. The lowest BCUT2D eigenvalue weighted by atomic mass is 9.80. The summed E-state index contributed by atoms with van der Waals surface area (Å²) < 4.78 is 0. The molecule has 2 nitrogen and oxygen atoms in total. The fourth-order valence-corrected chi connectivity index (χ4v) is 3.48. The van der Waals surface area contributed by atoms with Crippen LogP contribution in [0.2, 0.25) is 0 Å². The van der Waals surface area contributed by atoms with Gasteiger partial charge >= 0.3 is 0 Å². The summed E-state index contributed by atoms with van der Waals surface area (Å²) >= 11 is 0. The van der Waals surface area contributed by atoms with Crippen LogP contribution in [0.3, 0.4) is 0 Å². The molecule has 1 aliphatic heterocycles. The van der Waals surface area contributed by atoms with Crippen molar-refractivity contribution in [3.8, 4) is 0 Å². The van der Waals surface area contributed by atoms with Crippen molar-refractivity contribution >= 4 is 0 Å². The van der Waals surface area contributed by atoms with Crippen LogP contribution in [-0.2, 0) is 0 Å². The van der Waals surface area contributed by atoms with E-state index in [0.29, 0.717) is 18.0 Å². The fourth-order valence-electron chi connectivity index (χ4n) is 3.48. The van der Waals surface area contributed by atoms with E-state index in [2.05, 4.69) is 12.2 Å². The summed E-state index contributed by atoms with van der Waals surface area (Å²) in [6, 6.07) is 1.23. The molecule has 2 heteroatoms. The Labute approximate surface area is 99.8 Å². The molecule has 0 amide bonds. The van der Waals surface area contributed by atoms with E-state index < -0.39 is 0 Å². The van der Waals surface area contributed by atoms with Gasteiger partial charge in [0.15, 0.2) is 0 Å². The van der Waals surface area contributed by atoms with Crippen LogP contribution in [0.4, 0.5) is 0 Å². The van der Waals surface area contributed by atoms with E-state index >= 15 is 0 Å². The van der Waals surface area contributed by atoms with Gasteiger partial charge in [0.2, 0.25) is 0 Å². The van der Waals surface area contributed by atoms with Crippen LogP contribution in [-0.4, -0.2) is 23.3 Å². The third-order valence-corrected chi connectivity index (χ3v) is 4.45. The van der Waals surface area contributed by atoms with Crippen molar-refractivity contribution in [3.63, 3.8) is 0 Å². The Kier molecular flexibility index (Phi) is 4.66. The van der Waals surface area contributed by atoms with Gasteiger partial charge in [0, 0.05) is 18.0 Å². The Morgan fingerprint density at radius 3 is 2.38 bits per heavy atom. The van der Waals surface area contributed by atoms with Gasteiger partial charge in [-0.15, -0.1) is 0 Å². The van der Waals surface area contributed by atoms with Crippen LogP contribution in [0, 0.1) is 5.92 Å². The average molecular weight is 225 g/mol. The van der Waals surface area contributed by atoms with Gasteiger partial charge in [-0.3, -0.25) is 0 Å². The SMILES string of the molecule is C[C@H]1CCC[C@H]([C@@H]2CCCCCC[C@@H]2O)N1. The number of aliphatic hydroxyl groups is 1. The minimum absolute atomic E-state index is 0.0527. The molecular formula is C14H27NO. The van der Waals surface area contributed by atoms with Crippen molar-refractivity contribution in [2.45, 2.75) is 82.9 Å². The smallest absolute Gasteiger partial charge is 0.0583 e. The lowest BCUT2D eigenvalue weighted by Crippen LogP contribution is -2.48. The van der Waals surface area contributed by atoms with Crippen LogP contribution in [0.5, 0.6) is 0 Å². The van der Waals surface area contributed by atoms with Crippen LogP contribution >= 0.6 is 0 Å². The topological polar surface area (TPSA) is 32.3 Å². The van der Waals surface area contributed by atoms with Crippen molar-refractivity contribution in [2.75, 3.05) is 0 Å². The van der Waals surface area contributed by atoms with Gasteiger partial charge < -0.3 is 10.4 Å². The zero-order chi connectivity index (χ0) is 11.4. The summed E-state index contributed by atoms with van der Waals surface area (Å²) in [4.78, 5) is 0. The highest BCUT2D eigenvalue weighted by Crippen LogP contribution is 2.29. The molecule has 2 aliphatic rings. The molecule has 2 N–H and O–H groups in total. The maximum Gasteiger partial charge on any atom is 0.0583 e. The second-order valence-corrected chi connectivity index (χ2v) is 5.83. The molecule has 2 fully saturated rings. The first-order chi connectivity index (χ1) is 7.77. The number of nitrogens with one attached hydrogen (secondary N) is 1. The molecule has 1 saturated carbocycles. The number of hydrogen-bond acceptors (Lipinski definition) is 2. The molecule has 1 heterocycles. The minimum atomic E-state index is -0.0527. The highest BCUT2D eigenvalue weighted by Gasteiger charge is 2.31. The Bertz CT molecular complexity index is 207. The summed E-state index contributed by atoms with van der Waals surface area (Å²) in [5.74, 6) is 0.517. The molecule has 0 unspecified atom stereocenters. The Morgan fingerprint density at radius 1 is 0.875 bits per heavy atom. The van der Waals surface area contributed by atoms with Crippen LogP contribution in [0.1, 0.15) is 64.7 Å². The Balaban J connectivity index is 1.92. The zero-order valence-electron chi connectivity index (χ0n) is 10.6. The van der Waals surface area contributed by atoms with E-state index in [-0.39, 0.29) is 6.10 Å². The van der Waals surface area contributed by atoms with E-state index in [1.54, 1.807) is 0 Å². The molecule has 94 valence electrons. The monoisotopic (exact) mass is 225 g/mol. The molecule has 1 saturated heterocycles. The minimum Gasteiger partial charge on any atom is -0.393 e. The molecule has 0 aromatic heterocycles. The molecular weight excluding hydrogens is 198 g/mol. The van der Waals surface area contributed by atoms with Gasteiger partial charge in [-0.1, -0.05) is 32.1 Å². The number of hydrogen-bond donors (Lipinski definition) is 2. The summed E-state index contributed by atoms with van der Waals surface area (Å²) in [6.07, 6.45) is 11.3. The van der Waals surface area contributed by atoms with Gasteiger partial charge in [-0.2, -0.15) is 0 Å². The van der Waals surface area contributed by atoms with Gasteiger partial charge in [0.05, 0.1) is 6.10 Å². The predicted octanol–water partition coefficient (Wildman–Crippen LogP) is 2.85. The van der Waals surface area contributed by atoms with Crippen LogP contribution in [0.25, 0.3) is 0 Å². The molecule has 0 spiro atoms. The van der Waals surface area contributed by atoms with E-state index in [0.717, 1.165) is 6.42 Å². The molecule has 4 atom stereocenters. The van der Waals surface area contributed by atoms with Gasteiger partial charge in [0.1, 0.15) is 0 Å². The van der Waals surface area contributed by atoms with E-state index in [4.69, 9.17) is 0 Å². The normalized spacial score (nSPS) is 42.4. The van der Waals surface area contributed by atoms with Crippen molar-refractivity contribution in [3.05, 3.63) is 0 Å². The van der Waals surface area contributed by atoms with Crippen molar-refractivity contribution in [1.29, 1.82) is 0 Å². The average Bonchev–Trinajstić information content (AvgIpc) is 2.24. The summed E-state index contributed by atoms with van der Waals surface area (Å²) in [5, 5.41) is 14.0. The summed E-state index contributed by atoms with van der Waals surface area (Å²) in [6.45, 7) is 2.28. The largest absolute Gasteiger partial charge is 0.393 e. The molecule has 0 aromatic carbocycles. The van der Waals surface area contributed by atoms with Crippen molar-refractivity contribution in [2.24, 2.45) is 5.92 Å². The third-order valence-electron chi connectivity index (χ3n) is 4.45. The zero-order valence-corrected chi connectivity index (χ0v) is 10.6. The number of piperidine rings is 1. The highest BCUT2D eigenvalue weighted by molar-refractivity contribution is 4.87. The van der Waals surface area contributed by atoms with E-state index in [1.807, 2.05) is 0 Å². The van der Waals surface area contributed by atoms with Crippen LogP contribution in [0.15, 0.2) is 0 Å². The first-order valence-electron chi connectivity index (χ1n) is 7.21. The number of aliphatic hydroxyl groups excluding tert-OH is 1. The van der Waals surface area contributed by atoms with Crippen molar-refractivity contribution < 1.29 is 5.11 Å². The van der Waals surface area contributed by atoms with E-state index in [9.17, 15) is 5.11 Å². The quantitative estimate of drug-likeness (QED) is 0.719. The van der Waals surface area contributed by atoms with Crippen LogP contribution < -0.4 is 5.32 Å². The fraction of sp³-hybridized carbons (Fsp3) is 1.00. The van der Waals surface area contributed by atoms with Gasteiger partial charge in [-0.25, -0.2) is 0 Å². The van der Waals surface area contributed by atoms with Gasteiger partial charge in [-0.05, 0) is 32.6 Å². The van der Waals surface area contributed by atoms with Gasteiger partial charge in [0.25, 0.3) is 0 Å². The summed E-state index contributed by atoms with van der Waals surface area (Å²) in [7, 11) is 0. The summed E-state index contributed by atoms with van der Waals surface area (Å²) in [5.41, 5.74) is 0. The second kappa shape index (κ2) is 6.02. The predicted molar refractivity (Wildman–Crippen MR) is 67.4 cm³/mol. The number of rotatable bonds is 1. The first kappa shape index (κ1) is 12.4. The standard InChI is InChI=1S/C14H27NO/c1-11-7-6-9-13(15-11)12-8-4-2-3-5-10-14(12)16/h11-16H,2-10H2,1H3/t11-,12-,13+,14-/m0/s1. The molecule has 0 radical (unpaired) electrons. The lowest BCUT2D eigenvalue weighted by molar-refractivity contribution is 0.0508. The Morgan fingerprint density at radius 2 is 1.62 bits per heavy atom. The van der Waals surface area contributed by atoms with Crippen molar-refractivity contribution in [1.82, 2.24) is 5.32 Å². The Hall–Kier alpha value is -0.0800. The maximum absolute atomic E-state index is 10.3. The first-order valence-corrected chi connectivity index (χ1v) is 7.21. The molecule has 2 rings (SSSR count). The molecule has 0 aromatic rings. The second-order valence-electron chi connectivity index (χ2n) is 5.83. The highest BCUT2D eigenvalue weighted by atomic mass is 16.3. The molecule has 0 bridgehead atoms. The van der Waals surface area contributed by atoms with E-state index in [1.165, 1.54) is 51.4 Å². The third kappa shape index (κ3) is 3.21.